The van der Waals surface area contributed by atoms with Gasteiger partial charge in [0.25, 0.3) is 5.91 Å². The number of amides is 2. The number of thiophene rings is 1. The first-order chi connectivity index (χ1) is 18.7. The Morgan fingerprint density at radius 1 is 1.00 bits per heavy atom. The highest BCUT2D eigenvalue weighted by Crippen LogP contribution is 2.51. The first-order valence-corrected chi connectivity index (χ1v) is 14.2. The van der Waals surface area contributed by atoms with Crippen LogP contribution < -0.4 is 9.96 Å². The lowest BCUT2D eigenvalue weighted by Gasteiger charge is -2.33. The Bertz CT molecular complexity index is 1430. The molecule has 202 valence electrons. The molecule has 7 nitrogen and oxygen atoms in total. The van der Waals surface area contributed by atoms with Gasteiger partial charge in [0.15, 0.2) is 6.10 Å². The number of nitrogens with zero attached hydrogens (tertiary/aromatic N) is 2. The predicted octanol–water partition coefficient (Wildman–Crippen LogP) is 5.74. The number of carbonyl (C=O) groups is 3. The minimum atomic E-state index is -0.991. The van der Waals surface area contributed by atoms with Gasteiger partial charge in [-0.2, -0.15) is 0 Å². The van der Waals surface area contributed by atoms with Gasteiger partial charge in [0.05, 0.1) is 24.4 Å². The van der Waals surface area contributed by atoms with Gasteiger partial charge in [0.2, 0.25) is 5.91 Å². The SMILES string of the molecule is COC(=O)c1c(N2C(=O)C3ON(c4ccccc4)C(c4ccccc4)C3C2=O)sc2c1CCC(C(C)(C)C)C2. The van der Waals surface area contributed by atoms with Crippen molar-refractivity contribution in [2.45, 2.75) is 52.2 Å². The molecule has 2 amide bonds. The van der Waals surface area contributed by atoms with Crippen LogP contribution >= 0.6 is 11.3 Å². The van der Waals surface area contributed by atoms with Crippen molar-refractivity contribution in [2.75, 3.05) is 17.1 Å². The van der Waals surface area contributed by atoms with E-state index in [2.05, 4.69) is 20.8 Å². The average molecular weight is 545 g/mol. The van der Waals surface area contributed by atoms with Crippen LogP contribution in [0.1, 0.15) is 59.6 Å². The molecule has 4 unspecified atom stereocenters. The summed E-state index contributed by atoms with van der Waals surface area (Å²) in [6.07, 6.45) is 1.47. The van der Waals surface area contributed by atoms with E-state index >= 15 is 0 Å². The van der Waals surface area contributed by atoms with Crippen LogP contribution in [-0.2, 0) is 32.0 Å². The third-order valence-electron chi connectivity index (χ3n) is 8.33. The summed E-state index contributed by atoms with van der Waals surface area (Å²) in [6.45, 7) is 6.69. The van der Waals surface area contributed by atoms with Crippen molar-refractivity contribution < 1.29 is 24.0 Å². The van der Waals surface area contributed by atoms with Gasteiger partial charge in [-0.1, -0.05) is 69.3 Å². The third-order valence-corrected chi connectivity index (χ3v) is 9.57. The number of hydrogen-bond donors (Lipinski definition) is 0. The Morgan fingerprint density at radius 2 is 1.67 bits per heavy atom. The van der Waals surface area contributed by atoms with Gasteiger partial charge < -0.3 is 4.74 Å². The molecule has 2 aromatic carbocycles. The van der Waals surface area contributed by atoms with Crippen LogP contribution in [0.4, 0.5) is 10.7 Å². The van der Waals surface area contributed by atoms with Gasteiger partial charge in [0.1, 0.15) is 10.9 Å². The molecule has 1 aromatic heterocycles. The predicted molar refractivity (Wildman–Crippen MR) is 150 cm³/mol. The van der Waals surface area contributed by atoms with E-state index < -0.39 is 29.9 Å². The molecular formula is C31H32N2O5S. The number of hydroxylamine groups is 1. The largest absolute Gasteiger partial charge is 0.465 e. The second-order valence-corrected chi connectivity index (χ2v) is 12.6. The number of anilines is 2. The number of carbonyl (C=O) groups excluding carboxylic acids is 3. The first-order valence-electron chi connectivity index (χ1n) is 13.4. The quantitative estimate of drug-likeness (QED) is 0.308. The molecule has 3 aliphatic rings. The summed E-state index contributed by atoms with van der Waals surface area (Å²) in [4.78, 5) is 49.8. The number of esters is 1. The maximum atomic E-state index is 14.2. The Balaban J connectivity index is 1.42. The molecule has 0 N–H and O–H groups in total. The number of para-hydroxylation sites is 1. The van der Waals surface area contributed by atoms with Crippen molar-refractivity contribution in [3.8, 4) is 0 Å². The van der Waals surface area contributed by atoms with Crippen molar-refractivity contribution in [1.82, 2.24) is 0 Å². The smallest absolute Gasteiger partial charge is 0.341 e. The Kier molecular flexibility index (Phi) is 6.35. The molecule has 39 heavy (non-hydrogen) atoms. The monoisotopic (exact) mass is 544 g/mol. The average Bonchev–Trinajstić information content (AvgIpc) is 3.58. The molecule has 2 aliphatic heterocycles. The second-order valence-electron chi connectivity index (χ2n) is 11.6. The number of imide groups is 1. The molecule has 3 aromatic rings. The molecule has 0 radical (unpaired) electrons. The molecular weight excluding hydrogens is 512 g/mol. The zero-order valence-electron chi connectivity index (χ0n) is 22.5. The van der Waals surface area contributed by atoms with Gasteiger partial charge in [-0.05, 0) is 53.9 Å². The topological polar surface area (TPSA) is 76.2 Å². The van der Waals surface area contributed by atoms with E-state index in [1.54, 1.807) is 5.06 Å². The number of methoxy groups -OCH3 is 1. The number of ether oxygens (including phenoxy) is 1. The molecule has 2 fully saturated rings. The molecule has 3 heterocycles. The maximum absolute atomic E-state index is 14.2. The summed E-state index contributed by atoms with van der Waals surface area (Å²) < 4.78 is 5.16. The molecule has 6 rings (SSSR count). The van der Waals surface area contributed by atoms with Gasteiger partial charge >= 0.3 is 5.97 Å². The highest BCUT2D eigenvalue weighted by Gasteiger charge is 2.61. The fourth-order valence-electron chi connectivity index (χ4n) is 6.18. The number of rotatable bonds is 4. The summed E-state index contributed by atoms with van der Waals surface area (Å²) in [5.74, 6) is -1.63. The lowest BCUT2D eigenvalue weighted by molar-refractivity contribution is -0.126. The Labute approximate surface area is 232 Å². The van der Waals surface area contributed by atoms with Crippen LogP contribution in [0.3, 0.4) is 0 Å². The molecule has 2 saturated heterocycles. The van der Waals surface area contributed by atoms with Crippen molar-refractivity contribution in [2.24, 2.45) is 17.3 Å². The Hall–Kier alpha value is -3.49. The molecule has 0 saturated carbocycles. The van der Waals surface area contributed by atoms with Crippen molar-refractivity contribution in [3.05, 3.63) is 82.2 Å². The van der Waals surface area contributed by atoms with E-state index in [1.165, 1.54) is 23.3 Å². The lowest BCUT2D eigenvalue weighted by atomic mass is 9.72. The van der Waals surface area contributed by atoms with Gasteiger partial charge in [-0.25, -0.2) is 14.8 Å². The number of benzene rings is 2. The highest BCUT2D eigenvalue weighted by atomic mass is 32.1. The Morgan fingerprint density at radius 3 is 2.31 bits per heavy atom. The summed E-state index contributed by atoms with van der Waals surface area (Å²) in [5, 5.41) is 2.05. The van der Waals surface area contributed by atoms with Crippen molar-refractivity contribution >= 4 is 39.8 Å². The first kappa shape index (κ1) is 25.8. The fourth-order valence-corrected chi connectivity index (χ4v) is 7.61. The van der Waals surface area contributed by atoms with Crippen molar-refractivity contribution in [3.63, 3.8) is 0 Å². The molecule has 8 heteroatoms. The van der Waals surface area contributed by atoms with Crippen LogP contribution in [0, 0.1) is 17.3 Å². The molecule has 0 spiro atoms. The minimum Gasteiger partial charge on any atom is -0.465 e. The van der Waals surface area contributed by atoms with Crippen LogP contribution in [-0.4, -0.2) is 31.0 Å². The van der Waals surface area contributed by atoms with Gasteiger partial charge in [-0.15, -0.1) is 11.3 Å². The van der Waals surface area contributed by atoms with Crippen LogP contribution in [0.15, 0.2) is 60.7 Å². The van der Waals surface area contributed by atoms with Crippen LogP contribution in [0.5, 0.6) is 0 Å². The third kappa shape index (κ3) is 4.17. The van der Waals surface area contributed by atoms with E-state index in [9.17, 15) is 14.4 Å². The zero-order valence-corrected chi connectivity index (χ0v) is 23.4. The molecule has 1 aliphatic carbocycles. The van der Waals surface area contributed by atoms with Crippen LogP contribution in [0.2, 0.25) is 0 Å². The summed E-state index contributed by atoms with van der Waals surface area (Å²) in [7, 11) is 1.34. The fraction of sp³-hybridized carbons (Fsp3) is 0.387. The minimum absolute atomic E-state index is 0.112. The van der Waals surface area contributed by atoms with Gasteiger partial charge in [-0.3, -0.25) is 14.4 Å². The van der Waals surface area contributed by atoms with Crippen LogP contribution in [0.25, 0.3) is 0 Å². The molecule has 4 atom stereocenters. The van der Waals surface area contributed by atoms with E-state index in [-0.39, 0.29) is 11.3 Å². The lowest BCUT2D eigenvalue weighted by Crippen LogP contribution is -2.37. The van der Waals surface area contributed by atoms with Crippen molar-refractivity contribution in [1.29, 1.82) is 0 Å². The van der Waals surface area contributed by atoms with E-state index in [4.69, 9.17) is 9.57 Å². The maximum Gasteiger partial charge on any atom is 0.341 e. The van der Waals surface area contributed by atoms with E-state index in [0.29, 0.717) is 22.9 Å². The molecule has 0 bridgehead atoms. The van der Waals surface area contributed by atoms with Gasteiger partial charge in [0, 0.05) is 4.88 Å². The normalized spacial score (nSPS) is 24.6. The second kappa shape index (κ2) is 9.61. The summed E-state index contributed by atoms with van der Waals surface area (Å²) >= 11 is 1.38. The number of hydrogen-bond acceptors (Lipinski definition) is 7. The standard InChI is InChI=1S/C31H32N2O5S/c1-31(2,3)19-15-16-21-22(17-19)39-29(23(21)30(36)37-4)32-27(34)24-25(18-11-7-5-8-12-18)33(38-26(24)28(32)35)20-13-9-6-10-14-20/h5-14,19,24-26H,15-17H2,1-4H3. The summed E-state index contributed by atoms with van der Waals surface area (Å²) in [5.41, 5.74) is 3.02. The summed E-state index contributed by atoms with van der Waals surface area (Å²) in [6, 6.07) is 18.7. The van der Waals surface area contributed by atoms with E-state index in [1.807, 2.05) is 60.7 Å². The zero-order chi connectivity index (χ0) is 27.5. The van der Waals surface area contributed by atoms with E-state index in [0.717, 1.165) is 34.5 Å². The highest BCUT2D eigenvalue weighted by molar-refractivity contribution is 7.17. The number of fused-ring (bicyclic) bond motifs is 2.